The van der Waals surface area contributed by atoms with Crippen molar-refractivity contribution in [2.75, 3.05) is 5.32 Å². The number of benzene rings is 1. The summed E-state index contributed by atoms with van der Waals surface area (Å²) >= 11 is 5.47. The summed E-state index contributed by atoms with van der Waals surface area (Å²) in [5.41, 5.74) is 2.66. The maximum Gasteiger partial charge on any atom is 0.0876 e. The Balaban J connectivity index is 1.98. The minimum absolute atomic E-state index is 0.499. The molecule has 0 radical (unpaired) electrons. The van der Waals surface area contributed by atoms with Crippen LogP contribution >= 0.6 is 12.2 Å². The van der Waals surface area contributed by atoms with Gasteiger partial charge in [-0.15, -0.1) is 0 Å². The fraction of sp³-hybridized carbons (Fsp3) is 0.462. The Hall–Kier alpha value is -0.890. The number of rotatable bonds is 1. The Labute approximate surface area is 95.9 Å². The first-order valence-electron chi connectivity index (χ1n) is 5.76. The van der Waals surface area contributed by atoms with Crippen molar-refractivity contribution >= 4 is 22.9 Å². The van der Waals surface area contributed by atoms with Crippen LogP contribution in [0.5, 0.6) is 0 Å². The van der Waals surface area contributed by atoms with Crippen LogP contribution in [-0.2, 0) is 0 Å². The number of anilines is 1. The van der Waals surface area contributed by atoms with Crippen LogP contribution in [0.15, 0.2) is 24.3 Å². The van der Waals surface area contributed by atoms with E-state index in [1.54, 1.807) is 0 Å². The Morgan fingerprint density at radius 3 is 2.67 bits per heavy atom. The van der Waals surface area contributed by atoms with Gasteiger partial charge in [-0.05, 0) is 30.4 Å². The van der Waals surface area contributed by atoms with E-state index in [0.29, 0.717) is 5.92 Å². The highest BCUT2D eigenvalue weighted by Crippen LogP contribution is 2.44. The van der Waals surface area contributed by atoms with Crippen LogP contribution in [-0.4, -0.2) is 4.99 Å². The van der Waals surface area contributed by atoms with Crippen LogP contribution in [0.4, 0.5) is 5.69 Å². The second-order valence-electron chi connectivity index (χ2n) is 4.60. The molecule has 2 heteroatoms. The predicted molar refractivity (Wildman–Crippen MR) is 67.4 cm³/mol. The second kappa shape index (κ2) is 3.60. The number of para-hydroxylation sites is 1. The van der Waals surface area contributed by atoms with Crippen molar-refractivity contribution in [3.05, 3.63) is 29.8 Å². The lowest BCUT2D eigenvalue weighted by molar-refractivity contribution is 0.521. The molecule has 0 spiro atoms. The molecule has 0 saturated heterocycles. The molecule has 2 aliphatic rings. The van der Waals surface area contributed by atoms with E-state index in [2.05, 4.69) is 29.6 Å². The van der Waals surface area contributed by atoms with Gasteiger partial charge in [-0.1, -0.05) is 43.3 Å². The normalized spacial score (nSPS) is 25.3. The molecule has 0 unspecified atom stereocenters. The number of hydrogen-bond acceptors (Lipinski definition) is 1. The van der Waals surface area contributed by atoms with Crippen molar-refractivity contribution in [2.24, 2.45) is 5.92 Å². The van der Waals surface area contributed by atoms with E-state index >= 15 is 0 Å². The van der Waals surface area contributed by atoms with Crippen LogP contribution in [0.2, 0.25) is 0 Å². The van der Waals surface area contributed by atoms with Gasteiger partial charge in [-0.2, -0.15) is 0 Å². The quantitative estimate of drug-likeness (QED) is 0.720. The van der Waals surface area contributed by atoms with Gasteiger partial charge in [0, 0.05) is 11.6 Å². The van der Waals surface area contributed by atoms with Gasteiger partial charge in [0.05, 0.1) is 4.99 Å². The van der Waals surface area contributed by atoms with E-state index < -0.39 is 0 Å². The summed E-state index contributed by atoms with van der Waals surface area (Å²) in [4.78, 5) is 1.04. The fourth-order valence-electron chi connectivity index (χ4n) is 2.99. The van der Waals surface area contributed by atoms with Crippen LogP contribution in [0.1, 0.15) is 37.2 Å². The molecule has 1 saturated carbocycles. The largest absolute Gasteiger partial charge is 0.349 e. The molecule has 1 heterocycles. The molecule has 0 aromatic heterocycles. The van der Waals surface area contributed by atoms with Gasteiger partial charge in [0.2, 0.25) is 0 Å². The van der Waals surface area contributed by atoms with Gasteiger partial charge in [0.25, 0.3) is 0 Å². The molecule has 1 nitrogen and oxygen atoms in total. The fourth-order valence-corrected chi connectivity index (χ4v) is 3.42. The van der Waals surface area contributed by atoms with Gasteiger partial charge in [-0.3, -0.25) is 0 Å². The molecule has 1 atom stereocenters. The highest BCUT2D eigenvalue weighted by atomic mass is 32.1. The van der Waals surface area contributed by atoms with E-state index in [9.17, 15) is 0 Å². The van der Waals surface area contributed by atoms with Crippen LogP contribution in [0, 0.1) is 5.92 Å². The lowest BCUT2D eigenvalue weighted by Gasteiger charge is -2.17. The van der Waals surface area contributed by atoms with Crippen molar-refractivity contribution < 1.29 is 0 Å². The van der Waals surface area contributed by atoms with Gasteiger partial charge >= 0.3 is 0 Å². The molecule has 1 aromatic carbocycles. The van der Waals surface area contributed by atoms with Crippen molar-refractivity contribution in [3.8, 4) is 0 Å². The lowest BCUT2D eigenvalue weighted by atomic mass is 9.86. The maximum absolute atomic E-state index is 5.47. The second-order valence-corrected chi connectivity index (χ2v) is 5.04. The van der Waals surface area contributed by atoms with Crippen molar-refractivity contribution in [2.45, 2.75) is 31.6 Å². The summed E-state index contributed by atoms with van der Waals surface area (Å²) in [6.07, 6.45) is 5.46. The highest BCUT2D eigenvalue weighted by Gasteiger charge is 2.34. The molecule has 78 valence electrons. The average Bonchev–Trinajstić information content (AvgIpc) is 2.82. The third-order valence-electron chi connectivity index (χ3n) is 3.71. The van der Waals surface area contributed by atoms with Gasteiger partial charge in [-0.25, -0.2) is 0 Å². The molecule has 0 amide bonds. The Morgan fingerprint density at radius 1 is 1.13 bits per heavy atom. The molecule has 0 bridgehead atoms. The number of fused-ring (bicyclic) bond motifs is 1. The third kappa shape index (κ3) is 1.48. The molecule has 15 heavy (non-hydrogen) atoms. The van der Waals surface area contributed by atoms with Crippen LogP contribution in [0.25, 0.3) is 0 Å². The summed E-state index contributed by atoms with van der Waals surface area (Å²) in [5, 5.41) is 3.36. The van der Waals surface area contributed by atoms with E-state index in [-0.39, 0.29) is 0 Å². The minimum atomic E-state index is 0.499. The number of hydrogen-bond donors (Lipinski definition) is 1. The zero-order chi connectivity index (χ0) is 10.3. The minimum Gasteiger partial charge on any atom is -0.349 e. The first kappa shape index (κ1) is 9.34. The first-order chi connectivity index (χ1) is 7.36. The monoisotopic (exact) mass is 217 g/mol. The maximum atomic E-state index is 5.47. The highest BCUT2D eigenvalue weighted by molar-refractivity contribution is 7.80. The summed E-state index contributed by atoms with van der Waals surface area (Å²) in [6.45, 7) is 0. The van der Waals surface area contributed by atoms with Crippen LogP contribution in [0.3, 0.4) is 0 Å². The first-order valence-corrected chi connectivity index (χ1v) is 6.17. The summed E-state index contributed by atoms with van der Waals surface area (Å²) < 4.78 is 0. The van der Waals surface area contributed by atoms with Gasteiger partial charge in [0.1, 0.15) is 0 Å². The van der Waals surface area contributed by atoms with Gasteiger partial charge < -0.3 is 5.32 Å². The molecular formula is C13H15NS. The Bertz CT molecular complexity index is 393. The molecule has 3 rings (SSSR count). The van der Waals surface area contributed by atoms with E-state index in [1.807, 2.05) is 0 Å². The Morgan fingerprint density at radius 2 is 1.87 bits per heavy atom. The third-order valence-corrected chi connectivity index (χ3v) is 4.06. The predicted octanol–water partition coefficient (Wildman–Crippen LogP) is 3.71. The summed E-state index contributed by atoms with van der Waals surface area (Å²) in [5.74, 6) is 1.28. The van der Waals surface area contributed by atoms with E-state index in [4.69, 9.17) is 12.2 Å². The lowest BCUT2D eigenvalue weighted by Crippen LogP contribution is -2.16. The molecule has 1 aromatic rings. The van der Waals surface area contributed by atoms with E-state index in [1.165, 1.54) is 36.9 Å². The molecule has 1 aliphatic carbocycles. The zero-order valence-electron chi connectivity index (χ0n) is 8.70. The SMILES string of the molecule is S=C1Nc2ccccc2[C@@H]1C1CCCC1. The Kier molecular flexibility index (Phi) is 2.24. The summed E-state index contributed by atoms with van der Waals surface area (Å²) in [6, 6.07) is 8.56. The standard InChI is InChI=1S/C13H15NS/c15-13-12(9-5-1-2-6-9)10-7-3-4-8-11(10)14-13/h3-4,7-9,12H,1-2,5-6H2,(H,14,15)/t12-/m0/s1. The van der Waals surface area contributed by atoms with Gasteiger partial charge in [0.15, 0.2) is 0 Å². The number of nitrogens with one attached hydrogen (secondary N) is 1. The molecule has 1 aliphatic heterocycles. The zero-order valence-corrected chi connectivity index (χ0v) is 9.52. The van der Waals surface area contributed by atoms with Crippen LogP contribution < -0.4 is 5.32 Å². The number of thiocarbonyl (C=S) groups is 1. The molecule has 1 fully saturated rings. The van der Waals surface area contributed by atoms with Crippen molar-refractivity contribution in [3.63, 3.8) is 0 Å². The summed E-state index contributed by atoms with van der Waals surface area (Å²) in [7, 11) is 0. The average molecular weight is 217 g/mol. The molecular weight excluding hydrogens is 202 g/mol. The van der Waals surface area contributed by atoms with Crippen molar-refractivity contribution in [1.82, 2.24) is 0 Å². The smallest absolute Gasteiger partial charge is 0.0876 e. The van der Waals surface area contributed by atoms with Crippen molar-refractivity contribution in [1.29, 1.82) is 0 Å². The molecule has 1 N–H and O–H groups in total. The topological polar surface area (TPSA) is 12.0 Å². The van der Waals surface area contributed by atoms with E-state index in [0.717, 1.165) is 10.9 Å².